The second kappa shape index (κ2) is 7.48. The summed E-state index contributed by atoms with van der Waals surface area (Å²) in [5, 5.41) is 16.2. The fourth-order valence-electron chi connectivity index (χ4n) is 4.17. The summed E-state index contributed by atoms with van der Waals surface area (Å²) in [6.45, 7) is 1.93. The number of aliphatic hydroxyl groups excluding tert-OH is 1. The lowest BCUT2D eigenvalue weighted by molar-refractivity contribution is -0.127. The van der Waals surface area contributed by atoms with E-state index < -0.39 is 18.1 Å². The maximum atomic E-state index is 13.4. The molecule has 1 amide bonds. The Balaban J connectivity index is 1.20. The monoisotopic (exact) mass is 420 g/mol. The quantitative estimate of drug-likeness (QED) is 0.597. The third kappa shape index (κ3) is 4.32. The first-order valence-corrected chi connectivity index (χ1v) is 9.75. The van der Waals surface area contributed by atoms with Crippen LogP contribution in [0.2, 0.25) is 5.02 Å². The maximum absolute atomic E-state index is 13.4. The van der Waals surface area contributed by atoms with Crippen LogP contribution in [0.25, 0.3) is 0 Å². The van der Waals surface area contributed by atoms with Gasteiger partial charge in [0, 0.05) is 17.1 Å². The van der Waals surface area contributed by atoms with Gasteiger partial charge in [-0.2, -0.15) is 0 Å². The van der Waals surface area contributed by atoms with E-state index in [1.54, 1.807) is 12.1 Å². The van der Waals surface area contributed by atoms with Gasteiger partial charge in [-0.3, -0.25) is 5.32 Å². The van der Waals surface area contributed by atoms with Crippen molar-refractivity contribution in [3.05, 3.63) is 58.9 Å². The molecule has 29 heavy (non-hydrogen) atoms. The number of hydrogen-bond acceptors (Lipinski definition) is 5. The van der Waals surface area contributed by atoms with Gasteiger partial charge in [0.05, 0.1) is 5.02 Å². The largest absolute Gasteiger partial charge is 0.489 e. The van der Waals surface area contributed by atoms with Crippen LogP contribution in [0.3, 0.4) is 0 Å². The summed E-state index contributed by atoms with van der Waals surface area (Å²) in [6, 6.07) is 11.4. The second-order valence-electron chi connectivity index (χ2n) is 7.97. The fourth-order valence-corrected chi connectivity index (χ4v) is 4.28. The highest BCUT2D eigenvalue weighted by atomic mass is 35.5. The minimum absolute atomic E-state index is 0.0172. The van der Waals surface area contributed by atoms with Crippen LogP contribution in [-0.2, 0) is 0 Å². The first-order valence-electron chi connectivity index (χ1n) is 9.37. The zero-order valence-corrected chi connectivity index (χ0v) is 16.6. The summed E-state index contributed by atoms with van der Waals surface area (Å²) in [5.74, 6) is 0.220. The molecule has 0 heterocycles. The Hall–Kier alpha value is -2.35. The van der Waals surface area contributed by atoms with Crippen LogP contribution in [0.15, 0.2) is 42.5 Å². The van der Waals surface area contributed by atoms with Gasteiger partial charge in [-0.05, 0) is 50.5 Å². The molecule has 3 aliphatic rings. The average molecular weight is 421 g/mol. The first kappa shape index (κ1) is 19.9. The number of hydrogen-bond donors (Lipinski definition) is 3. The minimum Gasteiger partial charge on any atom is -0.489 e. The zero-order valence-electron chi connectivity index (χ0n) is 15.9. The number of halogens is 2. The molecule has 3 aliphatic carbocycles. The predicted octanol–water partition coefficient (Wildman–Crippen LogP) is 3.54. The molecule has 2 aromatic carbocycles. The van der Waals surface area contributed by atoms with Crippen LogP contribution in [0, 0.1) is 12.7 Å². The highest BCUT2D eigenvalue weighted by Crippen LogP contribution is 2.60. The summed E-state index contributed by atoms with van der Waals surface area (Å²) in [4.78, 5) is 12.1. The fraction of sp³-hybridized carbons (Fsp3) is 0.381. The Morgan fingerprint density at radius 1 is 1.17 bits per heavy atom. The molecule has 3 N–H and O–H groups in total. The molecule has 1 unspecified atom stereocenters. The summed E-state index contributed by atoms with van der Waals surface area (Å²) in [7, 11) is 0. The third-order valence-corrected chi connectivity index (χ3v) is 5.71. The molecule has 8 heteroatoms. The van der Waals surface area contributed by atoms with Gasteiger partial charge in [0.2, 0.25) is 0 Å². The number of ether oxygens (including phenoxy) is 2. The van der Waals surface area contributed by atoms with Gasteiger partial charge < -0.3 is 19.9 Å². The molecule has 2 bridgehead atoms. The summed E-state index contributed by atoms with van der Waals surface area (Å²) >= 11 is 5.63. The van der Waals surface area contributed by atoms with Gasteiger partial charge >= 0.3 is 6.09 Å². The summed E-state index contributed by atoms with van der Waals surface area (Å²) in [5.41, 5.74) is 0.591. The predicted molar refractivity (Wildman–Crippen MR) is 106 cm³/mol. The van der Waals surface area contributed by atoms with Crippen LogP contribution in [-0.4, -0.2) is 35.1 Å². The molecule has 5 rings (SSSR count). The maximum Gasteiger partial charge on any atom is 0.413 e. The molecule has 154 valence electrons. The number of carbonyl (C=O) groups excluding carboxylic acids is 1. The van der Waals surface area contributed by atoms with Gasteiger partial charge in [-0.25, -0.2) is 9.18 Å². The SMILES string of the molecule is Cc1ccc(OC(=O)NC23CC(NC(O)COc4ccc(Cl)c(F)c4)(C2)C3)cc1. The normalized spacial score (nSPS) is 25.4. The lowest BCUT2D eigenvalue weighted by Crippen LogP contribution is -2.84. The topological polar surface area (TPSA) is 79.8 Å². The molecular weight excluding hydrogens is 399 g/mol. The average Bonchev–Trinajstić information content (AvgIpc) is 2.62. The van der Waals surface area contributed by atoms with E-state index in [-0.39, 0.29) is 22.7 Å². The Kier molecular flexibility index (Phi) is 5.14. The Labute approximate surface area is 173 Å². The number of amides is 1. The zero-order chi connectivity index (χ0) is 20.6. The first-order chi connectivity index (χ1) is 13.8. The van der Waals surface area contributed by atoms with E-state index >= 15 is 0 Å². The molecule has 2 aromatic rings. The molecule has 1 atom stereocenters. The smallest absolute Gasteiger partial charge is 0.413 e. The van der Waals surface area contributed by atoms with Crippen molar-refractivity contribution < 1.29 is 23.8 Å². The van der Waals surface area contributed by atoms with Crippen molar-refractivity contribution in [2.75, 3.05) is 6.61 Å². The molecule has 6 nitrogen and oxygen atoms in total. The van der Waals surface area contributed by atoms with Gasteiger partial charge in [-0.15, -0.1) is 0 Å². The number of aryl methyl sites for hydroxylation is 1. The van der Waals surface area contributed by atoms with Gasteiger partial charge in [0.15, 0.2) is 0 Å². The summed E-state index contributed by atoms with van der Waals surface area (Å²) in [6.07, 6.45) is 0.725. The lowest BCUT2D eigenvalue weighted by Gasteiger charge is -2.70. The number of benzene rings is 2. The van der Waals surface area contributed by atoms with Crippen LogP contribution in [0.5, 0.6) is 11.5 Å². The molecule has 3 fully saturated rings. The van der Waals surface area contributed by atoms with Crippen LogP contribution in [0.4, 0.5) is 9.18 Å². The van der Waals surface area contributed by atoms with Gasteiger partial charge in [0.1, 0.15) is 30.2 Å². The van der Waals surface area contributed by atoms with Gasteiger partial charge in [-0.1, -0.05) is 29.3 Å². The Morgan fingerprint density at radius 3 is 2.48 bits per heavy atom. The second-order valence-corrected chi connectivity index (χ2v) is 8.37. The van der Waals surface area contributed by atoms with Crippen molar-refractivity contribution in [3.63, 3.8) is 0 Å². The van der Waals surface area contributed by atoms with Crippen LogP contribution >= 0.6 is 11.6 Å². The number of nitrogens with one attached hydrogen (secondary N) is 2. The molecule has 0 spiro atoms. The minimum atomic E-state index is -0.911. The molecule has 0 saturated heterocycles. The molecular formula is C21H22ClFN2O4. The van der Waals surface area contributed by atoms with Crippen molar-refractivity contribution >= 4 is 17.7 Å². The molecule has 0 radical (unpaired) electrons. The highest BCUT2D eigenvalue weighted by molar-refractivity contribution is 6.30. The molecule has 3 saturated carbocycles. The third-order valence-electron chi connectivity index (χ3n) is 5.40. The Morgan fingerprint density at radius 2 is 1.83 bits per heavy atom. The van der Waals surface area contributed by atoms with Crippen molar-refractivity contribution in [2.45, 2.75) is 43.5 Å². The van der Waals surface area contributed by atoms with Crippen molar-refractivity contribution in [1.82, 2.24) is 10.6 Å². The molecule has 0 aromatic heterocycles. The van der Waals surface area contributed by atoms with E-state index in [2.05, 4.69) is 10.6 Å². The number of rotatable bonds is 7. The van der Waals surface area contributed by atoms with E-state index in [0.29, 0.717) is 30.8 Å². The summed E-state index contributed by atoms with van der Waals surface area (Å²) < 4.78 is 24.1. The van der Waals surface area contributed by atoms with Gasteiger partial charge in [0.25, 0.3) is 0 Å². The lowest BCUT2D eigenvalue weighted by atomic mass is 9.44. The van der Waals surface area contributed by atoms with Crippen molar-refractivity contribution in [1.29, 1.82) is 0 Å². The van der Waals surface area contributed by atoms with E-state index in [0.717, 1.165) is 5.56 Å². The van der Waals surface area contributed by atoms with E-state index in [1.165, 1.54) is 18.2 Å². The van der Waals surface area contributed by atoms with Crippen molar-refractivity contribution in [3.8, 4) is 11.5 Å². The van der Waals surface area contributed by atoms with Crippen LogP contribution in [0.1, 0.15) is 24.8 Å². The highest BCUT2D eigenvalue weighted by Gasteiger charge is 2.69. The Bertz CT molecular complexity index is 902. The molecule has 0 aliphatic heterocycles. The van der Waals surface area contributed by atoms with E-state index in [9.17, 15) is 14.3 Å². The van der Waals surface area contributed by atoms with E-state index in [4.69, 9.17) is 21.1 Å². The number of aliphatic hydroxyl groups is 1. The number of carbonyl (C=O) groups is 1. The van der Waals surface area contributed by atoms with Crippen molar-refractivity contribution in [2.24, 2.45) is 0 Å². The van der Waals surface area contributed by atoms with E-state index in [1.807, 2.05) is 19.1 Å². The standard InChI is InChI=1S/C21H22ClFN2O4/c1-13-2-4-14(5-3-13)29-19(27)25-21-10-20(11-21,12-21)24-18(26)9-28-15-6-7-16(22)17(23)8-15/h2-8,18,24,26H,9-12H2,1H3,(H,25,27). The van der Waals surface area contributed by atoms with Crippen LogP contribution < -0.4 is 20.1 Å².